The van der Waals surface area contributed by atoms with Gasteiger partial charge in [-0.05, 0) is 39.0 Å². The summed E-state index contributed by atoms with van der Waals surface area (Å²) in [6.07, 6.45) is 0. The van der Waals surface area contributed by atoms with Crippen LogP contribution in [0.3, 0.4) is 0 Å². The Kier molecular flexibility index (Phi) is 6.14. The summed E-state index contributed by atoms with van der Waals surface area (Å²) >= 11 is 0. The quantitative estimate of drug-likeness (QED) is 0.829. The molecule has 0 saturated heterocycles. The molecule has 1 aromatic carbocycles. The van der Waals surface area contributed by atoms with Crippen molar-refractivity contribution in [3.63, 3.8) is 0 Å². The van der Waals surface area contributed by atoms with E-state index in [1.807, 2.05) is 38.1 Å². The maximum atomic E-state index is 12.2. The van der Waals surface area contributed by atoms with Gasteiger partial charge in [0, 0.05) is 22.4 Å². The summed E-state index contributed by atoms with van der Waals surface area (Å²) in [5.74, 6) is 1.68. The van der Waals surface area contributed by atoms with Crippen LogP contribution >= 0.6 is 0 Å². The molecule has 130 valence electrons. The SMILES string of the molecule is COc1cccc(-c2nc(C[S@@](=O)CC(=O)NC(C)C)c(C)o2)c1. The number of ether oxygens (including phenoxy) is 1. The van der Waals surface area contributed by atoms with Crippen LogP contribution in [-0.2, 0) is 21.3 Å². The molecular weight excluding hydrogens is 328 g/mol. The summed E-state index contributed by atoms with van der Waals surface area (Å²) in [5.41, 5.74) is 1.38. The van der Waals surface area contributed by atoms with Crippen LogP contribution in [-0.4, -0.2) is 34.0 Å². The van der Waals surface area contributed by atoms with Crippen molar-refractivity contribution in [3.05, 3.63) is 35.7 Å². The largest absolute Gasteiger partial charge is 0.497 e. The summed E-state index contributed by atoms with van der Waals surface area (Å²) in [6, 6.07) is 7.40. The predicted octanol–water partition coefficient (Wildman–Crippen LogP) is 2.43. The van der Waals surface area contributed by atoms with E-state index in [-0.39, 0.29) is 23.5 Å². The molecule has 2 rings (SSSR count). The number of rotatable bonds is 7. The van der Waals surface area contributed by atoms with Crippen molar-refractivity contribution in [3.8, 4) is 17.2 Å². The highest BCUT2D eigenvalue weighted by Crippen LogP contribution is 2.25. The lowest BCUT2D eigenvalue weighted by Crippen LogP contribution is -2.34. The monoisotopic (exact) mass is 350 g/mol. The van der Waals surface area contributed by atoms with Gasteiger partial charge < -0.3 is 14.5 Å². The summed E-state index contributed by atoms with van der Waals surface area (Å²) in [4.78, 5) is 16.1. The standard InChI is InChI=1S/C17H22N2O4S/c1-11(2)18-16(20)10-24(21)9-15-12(3)23-17(19-15)13-6-5-7-14(8-13)22-4/h5-8,11H,9-10H2,1-4H3,(H,18,20)/t24-/m1/s1. The van der Waals surface area contributed by atoms with Crippen LogP contribution in [0.5, 0.6) is 5.75 Å². The molecular formula is C17H22N2O4S. The number of oxazole rings is 1. The maximum absolute atomic E-state index is 12.2. The van der Waals surface area contributed by atoms with Crippen molar-refractivity contribution in [1.29, 1.82) is 0 Å². The first-order valence-electron chi connectivity index (χ1n) is 7.64. The molecule has 7 heteroatoms. The number of hydrogen-bond acceptors (Lipinski definition) is 5. The number of carbonyl (C=O) groups excluding carboxylic acids is 1. The van der Waals surface area contributed by atoms with Gasteiger partial charge in [0.25, 0.3) is 0 Å². The third-order valence-electron chi connectivity index (χ3n) is 3.25. The lowest BCUT2D eigenvalue weighted by molar-refractivity contribution is -0.119. The average molecular weight is 350 g/mol. The number of aryl methyl sites for hydroxylation is 1. The van der Waals surface area contributed by atoms with Crippen molar-refractivity contribution < 1.29 is 18.2 Å². The number of benzene rings is 1. The van der Waals surface area contributed by atoms with E-state index in [1.54, 1.807) is 14.0 Å². The van der Waals surface area contributed by atoms with Crippen molar-refractivity contribution >= 4 is 16.7 Å². The van der Waals surface area contributed by atoms with E-state index in [0.29, 0.717) is 23.1 Å². The van der Waals surface area contributed by atoms with Crippen LogP contribution in [0, 0.1) is 6.92 Å². The van der Waals surface area contributed by atoms with Gasteiger partial charge in [0.2, 0.25) is 11.8 Å². The molecule has 0 aliphatic heterocycles. The van der Waals surface area contributed by atoms with Gasteiger partial charge in [-0.25, -0.2) is 4.98 Å². The van der Waals surface area contributed by atoms with Gasteiger partial charge >= 0.3 is 0 Å². The Morgan fingerprint density at radius 2 is 2.17 bits per heavy atom. The van der Waals surface area contributed by atoms with Gasteiger partial charge in [0.15, 0.2) is 0 Å². The smallest absolute Gasteiger partial charge is 0.232 e. The number of nitrogens with one attached hydrogen (secondary N) is 1. The zero-order valence-electron chi connectivity index (χ0n) is 14.3. The van der Waals surface area contributed by atoms with Crippen molar-refractivity contribution in [2.75, 3.05) is 12.9 Å². The highest BCUT2D eigenvalue weighted by Gasteiger charge is 2.16. The second kappa shape index (κ2) is 8.10. The van der Waals surface area contributed by atoms with E-state index >= 15 is 0 Å². The molecule has 0 bridgehead atoms. The van der Waals surface area contributed by atoms with E-state index in [9.17, 15) is 9.00 Å². The van der Waals surface area contributed by atoms with Crippen LogP contribution in [0.4, 0.5) is 0 Å². The Morgan fingerprint density at radius 1 is 1.42 bits per heavy atom. The minimum atomic E-state index is -1.34. The molecule has 1 amide bonds. The molecule has 0 radical (unpaired) electrons. The first-order valence-corrected chi connectivity index (χ1v) is 9.13. The second-order valence-electron chi connectivity index (χ2n) is 5.70. The lowest BCUT2D eigenvalue weighted by atomic mass is 10.2. The van der Waals surface area contributed by atoms with Crippen molar-refractivity contribution in [1.82, 2.24) is 10.3 Å². The van der Waals surface area contributed by atoms with E-state index in [1.165, 1.54) is 0 Å². The topological polar surface area (TPSA) is 81.4 Å². The maximum Gasteiger partial charge on any atom is 0.232 e. The Hall–Kier alpha value is -2.15. The number of carbonyl (C=O) groups is 1. The van der Waals surface area contributed by atoms with Crippen molar-refractivity contribution in [2.24, 2.45) is 0 Å². The molecule has 24 heavy (non-hydrogen) atoms. The van der Waals surface area contributed by atoms with Crippen LogP contribution in [0.15, 0.2) is 28.7 Å². The summed E-state index contributed by atoms with van der Waals surface area (Å²) < 4.78 is 23.0. The van der Waals surface area contributed by atoms with E-state index in [2.05, 4.69) is 10.3 Å². The molecule has 0 aliphatic rings. The number of methoxy groups -OCH3 is 1. The van der Waals surface area contributed by atoms with Gasteiger partial charge in [-0.15, -0.1) is 0 Å². The second-order valence-corrected chi connectivity index (χ2v) is 7.16. The summed E-state index contributed by atoms with van der Waals surface area (Å²) in [5, 5.41) is 2.73. The highest BCUT2D eigenvalue weighted by atomic mass is 32.2. The Bertz CT molecular complexity index is 740. The third kappa shape index (κ3) is 4.92. The number of hydrogen-bond donors (Lipinski definition) is 1. The fourth-order valence-electron chi connectivity index (χ4n) is 2.15. The van der Waals surface area contributed by atoms with Crippen LogP contribution in [0.2, 0.25) is 0 Å². The van der Waals surface area contributed by atoms with E-state index in [0.717, 1.165) is 5.56 Å². The molecule has 0 aliphatic carbocycles. The molecule has 1 aromatic heterocycles. The lowest BCUT2D eigenvalue weighted by Gasteiger charge is -2.07. The predicted molar refractivity (Wildman–Crippen MR) is 93.2 cm³/mol. The molecule has 0 spiro atoms. The average Bonchev–Trinajstić information content (AvgIpc) is 2.87. The summed E-state index contributed by atoms with van der Waals surface area (Å²) in [6.45, 7) is 5.50. The molecule has 6 nitrogen and oxygen atoms in total. The zero-order valence-corrected chi connectivity index (χ0v) is 15.1. The molecule has 0 fully saturated rings. The van der Waals surface area contributed by atoms with E-state index in [4.69, 9.17) is 9.15 Å². The van der Waals surface area contributed by atoms with Gasteiger partial charge in [-0.1, -0.05) is 6.07 Å². The van der Waals surface area contributed by atoms with Crippen LogP contribution in [0.1, 0.15) is 25.3 Å². The summed E-state index contributed by atoms with van der Waals surface area (Å²) in [7, 11) is 0.258. The molecule has 0 unspecified atom stereocenters. The number of nitrogens with zero attached hydrogens (tertiary/aromatic N) is 1. The molecule has 1 atom stereocenters. The normalized spacial score (nSPS) is 12.2. The minimum absolute atomic E-state index is 0.0305. The highest BCUT2D eigenvalue weighted by molar-refractivity contribution is 7.84. The van der Waals surface area contributed by atoms with Gasteiger partial charge in [0.1, 0.15) is 17.3 Å². The molecule has 0 saturated carbocycles. The molecule has 1 heterocycles. The Morgan fingerprint density at radius 3 is 2.83 bits per heavy atom. The Balaban J connectivity index is 2.08. The number of amides is 1. The van der Waals surface area contributed by atoms with Crippen molar-refractivity contribution in [2.45, 2.75) is 32.6 Å². The number of aromatic nitrogens is 1. The minimum Gasteiger partial charge on any atom is -0.497 e. The van der Waals surface area contributed by atoms with E-state index < -0.39 is 10.8 Å². The third-order valence-corrected chi connectivity index (χ3v) is 4.43. The molecule has 2 aromatic rings. The van der Waals surface area contributed by atoms with Gasteiger partial charge in [-0.2, -0.15) is 0 Å². The first-order chi connectivity index (χ1) is 11.4. The first kappa shape index (κ1) is 18.2. The van der Waals surface area contributed by atoms with Crippen LogP contribution in [0.25, 0.3) is 11.5 Å². The van der Waals surface area contributed by atoms with Crippen LogP contribution < -0.4 is 10.1 Å². The molecule has 1 N–H and O–H groups in total. The fourth-order valence-corrected chi connectivity index (χ4v) is 3.21. The van der Waals surface area contributed by atoms with Gasteiger partial charge in [0.05, 0.1) is 18.6 Å². The zero-order chi connectivity index (χ0) is 17.7. The fraction of sp³-hybridized carbons (Fsp3) is 0.412. The van der Waals surface area contributed by atoms with Gasteiger partial charge in [-0.3, -0.25) is 9.00 Å². The Labute approximate surface area is 144 Å².